The Hall–Kier alpha value is -3.27. The fourth-order valence-electron chi connectivity index (χ4n) is 2.82. The molecular formula is C19H14F3N3O. The van der Waals surface area contributed by atoms with Gasteiger partial charge in [-0.05, 0) is 35.9 Å². The number of halogens is 3. The summed E-state index contributed by atoms with van der Waals surface area (Å²) in [6.07, 6.45) is -2.78. The average molecular weight is 357 g/mol. The monoisotopic (exact) mass is 357 g/mol. The standard InChI is InChI=1S/C19H14F3N3O/c1-25(11-12-3-2-4-17-15(12)7-8-24-17)18(26)16-6-5-14(19(20,21)22)9-13(16)10-23/h2-9,24H,11H2,1H3. The van der Waals surface area contributed by atoms with Crippen LogP contribution >= 0.6 is 0 Å². The predicted molar refractivity (Wildman–Crippen MR) is 90.3 cm³/mol. The second-order valence-electron chi connectivity index (χ2n) is 5.89. The number of nitriles is 1. The van der Waals surface area contributed by atoms with Crippen molar-refractivity contribution in [2.75, 3.05) is 7.05 Å². The van der Waals surface area contributed by atoms with E-state index >= 15 is 0 Å². The Balaban J connectivity index is 1.89. The molecule has 0 spiro atoms. The summed E-state index contributed by atoms with van der Waals surface area (Å²) >= 11 is 0. The maximum atomic E-state index is 12.8. The van der Waals surface area contributed by atoms with Crippen LogP contribution in [0.4, 0.5) is 13.2 Å². The molecule has 1 aromatic heterocycles. The highest BCUT2D eigenvalue weighted by Crippen LogP contribution is 2.31. The lowest BCUT2D eigenvalue weighted by Crippen LogP contribution is -2.27. The van der Waals surface area contributed by atoms with E-state index in [2.05, 4.69) is 4.98 Å². The average Bonchev–Trinajstić information content (AvgIpc) is 3.09. The lowest BCUT2D eigenvalue weighted by molar-refractivity contribution is -0.137. The van der Waals surface area contributed by atoms with Crippen molar-refractivity contribution in [3.63, 3.8) is 0 Å². The van der Waals surface area contributed by atoms with E-state index in [4.69, 9.17) is 5.26 Å². The Morgan fingerprint density at radius 3 is 2.69 bits per heavy atom. The van der Waals surface area contributed by atoms with Crippen LogP contribution in [-0.2, 0) is 12.7 Å². The van der Waals surface area contributed by atoms with Gasteiger partial charge in [0.25, 0.3) is 5.91 Å². The molecule has 4 nitrogen and oxygen atoms in total. The van der Waals surface area contributed by atoms with Gasteiger partial charge in [0.15, 0.2) is 0 Å². The number of hydrogen-bond acceptors (Lipinski definition) is 2. The van der Waals surface area contributed by atoms with Crippen LogP contribution in [0.5, 0.6) is 0 Å². The van der Waals surface area contributed by atoms with Gasteiger partial charge in [-0.15, -0.1) is 0 Å². The number of rotatable bonds is 3. The zero-order valence-corrected chi connectivity index (χ0v) is 13.8. The Morgan fingerprint density at radius 1 is 1.23 bits per heavy atom. The van der Waals surface area contributed by atoms with Crippen molar-refractivity contribution in [1.82, 2.24) is 9.88 Å². The van der Waals surface area contributed by atoms with Crippen LogP contribution in [0.2, 0.25) is 0 Å². The molecule has 0 saturated carbocycles. The van der Waals surface area contributed by atoms with Crippen molar-refractivity contribution in [3.8, 4) is 6.07 Å². The van der Waals surface area contributed by atoms with Crippen LogP contribution < -0.4 is 0 Å². The summed E-state index contributed by atoms with van der Waals surface area (Å²) in [4.78, 5) is 17.1. The lowest BCUT2D eigenvalue weighted by atomic mass is 10.0. The fourth-order valence-corrected chi connectivity index (χ4v) is 2.82. The molecule has 0 fully saturated rings. The van der Waals surface area contributed by atoms with E-state index in [1.54, 1.807) is 19.3 Å². The van der Waals surface area contributed by atoms with E-state index in [0.29, 0.717) is 6.07 Å². The number of aromatic amines is 1. The summed E-state index contributed by atoms with van der Waals surface area (Å²) in [5, 5.41) is 10.1. The van der Waals surface area contributed by atoms with Crippen LogP contribution in [-0.4, -0.2) is 22.8 Å². The van der Waals surface area contributed by atoms with Crippen LogP contribution in [0.25, 0.3) is 10.9 Å². The van der Waals surface area contributed by atoms with Crippen molar-refractivity contribution >= 4 is 16.8 Å². The number of hydrogen-bond donors (Lipinski definition) is 1. The lowest BCUT2D eigenvalue weighted by Gasteiger charge is -2.19. The smallest absolute Gasteiger partial charge is 0.361 e. The van der Waals surface area contributed by atoms with Gasteiger partial charge < -0.3 is 9.88 Å². The number of nitrogens with zero attached hydrogens (tertiary/aromatic N) is 2. The SMILES string of the molecule is CN(Cc1cccc2[nH]ccc12)C(=O)c1ccc(C(F)(F)F)cc1C#N. The number of carbonyl (C=O) groups is 1. The molecule has 3 rings (SSSR count). The summed E-state index contributed by atoms with van der Waals surface area (Å²) in [6.45, 7) is 0.264. The summed E-state index contributed by atoms with van der Waals surface area (Å²) in [5.74, 6) is -0.511. The van der Waals surface area contributed by atoms with Crippen LogP contribution in [0.3, 0.4) is 0 Å². The molecule has 132 valence electrons. The molecule has 0 radical (unpaired) electrons. The van der Waals surface area contributed by atoms with Gasteiger partial charge in [-0.2, -0.15) is 18.4 Å². The van der Waals surface area contributed by atoms with Crippen molar-refractivity contribution in [2.24, 2.45) is 0 Å². The van der Waals surface area contributed by atoms with Crippen molar-refractivity contribution in [1.29, 1.82) is 5.26 Å². The molecule has 0 aliphatic carbocycles. The first kappa shape index (κ1) is 17.5. The first-order valence-corrected chi connectivity index (χ1v) is 7.73. The summed E-state index contributed by atoms with van der Waals surface area (Å²) < 4.78 is 38.4. The molecule has 0 unspecified atom stereocenters. The van der Waals surface area contributed by atoms with Gasteiger partial charge in [-0.3, -0.25) is 4.79 Å². The highest BCUT2D eigenvalue weighted by atomic mass is 19.4. The zero-order chi connectivity index (χ0) is 18.9. The van der Waals surface area contributed by atoms with E-state index < -0.39 is 17.6 Å². The minimum atomic E-state index is -4.57. The molecule has 2 aromatic carbocycles. The predicted octanol–water partition coefficient (Wildman–Crippen LogP) is 4.33. The molecule has 1 amide bonds. The number of fused-ring (bicyclic) bond motifs is 1. The zero-order valence-electron chi connectivity index (χ0n) is 13.8. The molecule has 1 heterocycles. The van der Waals surface area contributed by atoms with Gasteiger partial charge in [-0.25, -0.2) is 0 Å². The largest absolute Gasteiger partial charge is 0.416 e. The molecule has 3 aromatic rings. The van der Waals surface area contributed by atoms with Crippen LogP contribution in [0.15, 0.2) is 48.7 Å². The fraction of sp³-hybridized carbons (Fsp3) is 0.158. The molecule has 1 N–H and O–H groups in total. The van der Waals surface area contributed by atoms with Crippen LogP contribution in [0, 0.1) is 11.3 Å². The maximum Gasteiger partial charge on any atom is 0.416 e. The summed E-state index contributed by atoms with van der Waals surface area (Å²) in [5.41, 5.74) is 0.520. The second kappa shape index (κ2) is 6.56. The Labute approximate surface area is 147 Å². The third-order valence-electron chi connectivity index (χ3n) is 4.14. The van der Waals surface area contributed by atoms with Gasteiger partial charge in [0.2, 0.25) is 0 Å². The van der Waals surface area contributed by atoms with E-state index in [0.717, 1.165) is 28.6 Å². The Morgan fingerprint density at radius 2 is 2.00 bits per heavy atom. The molecule has 0 atom stereocenters. The minimum Gasteiger partial charge on any atom is -0.361 e. The molecular weight excluding hydrogens is 343 g/mol. The van der Waals surface area contributed by atoms with E-state index in [1.165, 1.54) is 4.90 Å². The summed E-state index contributed by atoms with van der Waals surface area (Å²) in [6, 6.07) is 11.8. The van der Waals surface area contributed by atoms with E-state index in [9.17, 15) is 18.0 Å². The molecule has 0 aliphatic rings. The second-order valence-corrected chi connectivity index (χ2v) is 5.89. The molecule has 7 heteroatoms. The van der Waals surface area contributed by atoms with Gasteiger partial charge in [-0.1, -0.05) is 12.1 Å². The number of alkyl halides is 3. The van der Waals surface area contributed by atoms with Gasteiger partial charge in [0, 0.05) is 30.7 Å². The third-order valence-corrected chi connectivity index (χ3v) is 4.14. The first-order chi connectivity index (χ1) is 12.3. The van der Waals surface area contributed by atoms with E-state index in [1.807, 2.05) is 24.3 Å². The maximum absolute atomic E-state index is 12.8. The quantitative estimate of drug-likeness (QED) is 0.758. The molecule has 0 aliphatic heterocycles. The Kier molecular flexibility index (Phi) is 4.43. The van der Waals surface area contributed by atoms with Gasteiger partial charge in [0.05, 0.1) is 22.8 Å². The van der Waals surface area contributed by atoms with Crippen LogP contribution in [0.1, 0.15) is 27.0 Å². The number of benzene rings is 2. The highest BCUT2D eigenvalue weighted by Gasteiger charge is 2.31. The minimum absolute atomic E-state index is 0.0516. The number of carbonyl (C=O) groups excluding carboxylic acids is 1. The topological polar surface area (TPSA) is 59.9 Å². The number of aromatic nitrogens is 1. The highest BCUT2D eigenvalue weighted by molar-refractivity contribution is 5.97. The number of H-pyrrole nitrogens is 1. The van der Waals surface area contributed by atoms with Gasteiger partial charge in [0.1, 0.15) is 0 Å². The summed E-state index contributed by atoms with van der Waals surface area (Å²) in [7, 11) is 1.55. The number of nitrogens with one attached hydrogen (secondary N) is 1. The first-order valence-electron chi connectivity index (χ1n) is 7.73. The van der Waals surface area contributed by atoms with Crippen molar-refractivity contribution < 1.29 is 18.0 Å². The van der Waals surface area contributed by atoms with Crippen molar-refractivity contribution in [2.45, 2.75) is 12.7 Å². The van der Waals surface area contributed by atoms with Gasteiger partial charge >= 0.3 is 6.18 Å². The normalized spacial score (nSPS) is 11.3. The molecule has 0 bridgehead atoms. The van der Waals surface area contributed by atoms with Crippen molar-refractivity contribution in [3.05, 3.63) is 70.9 Å². The number of amides is 1. The molecule has 0 saturated heterocycles. The van der Waals surface area contributed by atoms with E-state index in [-0.39, 0.29) is 17.7 Å². The third kappa shape index (κ3) is 3.26. The Bertz CT molecular complexity index is 1010. The molecule has 26 heavy (non-hydrogen) atoms.